The average molecular weight is 303 g/mol. The number of anilines is 2. The Morgan fingerprint density at radius 3 is 2.58 bits per heavy atom. The maximum atomic E-state index is 11.8. The van der Waals surface area contributed by atoms with Crippen LogP contribution in [0.5, 0.6) is 0 Å². The number of carbonyl (C=O) groups is 1. The lowest BCUT2D eigenvalue weighted by atomic mass is 10.3. The van der Waals surface area contributed by atoms with Crippen LogP contribution in [0.1, 0.15) is 22.5 Å². The van der Waals surface area contributed by atoms with Gasteiger partial charge in [-0.05, 0) is 18.8 Å². The fourth-order valence-corrected chi connectivity index (χ4v) is 4.28. The van der Waals surface area contributed by atoms with Crippen LogP contribution in [0.25, 0.3) is 0 Å². The number of nitrogens with one attached hydrogen (secondary N) is 2. The normalized spacial score (nSPS) is 15.3. The monoisotopic (exact) mass is 303 g/mol. The number of nitrogens with two attached hydrogens (primary N) is 1. The van der Waals surface area contributed by atoms with E-state index in [4.69, 9.17) is 5.73 Å². The van der Waals surface area contributed by atoms with Crippen LogP contribution < -0.4 is 16.4 Å². The zero-order valence-electron chi connectivity index (χ0n) is 10.8. The molecule has 0 unspecified atom stereocenters. The Morgan fingerprint density at radius 1 is 1.47 bits per heavy atom. The molecule has 1 saturated carbocycles. The van der Waals surface area contributed by atoms with E-state index in [2.05, 4.69) is 10.6 Å². The minimum atomic E-state index is -3.47. The van der Waals surface area contributed by atoms with E-state index in [1.807, 2.05) is 0 Å². The molecule has 1 aliphatic rings. The van der Waals surface area contributed by atoms with Crippen LogP contribution in [0, 0.1) is 5.92 Å². The molecule has 1 heterocycles. The van der Waals surface area contributed by atoms with Crippen molar-refractivity contribution in [2.24, 2.45) is 5.92 Å². The molecule has 1 aromatic heterocycles. The van der Waals surface area contributed by atoms with Crippen LogP contribution >= 0.6 is 11.3 Å². The SMILES string of the molecule is CNC(=O)c1sc(NCC2CC2)c(S(C)(=O)=O)c1N. The highest BCUT2D eigenvalue weighted by Crippen LogP contribution is 2.40. The number of carbonyl (C=O) groups excluding carboxylic acids is 1. The summed E-state index contributed by atoms with van der Waals surface area (Å²) >= 11 is 1.09. The molecule has 1 fully saturated rings. The highest BCUT2D eigenvalue weighted by molar-refractivity contribution is 7.91. The van der Waals surface area contributed by atoms with E-state index in [9.17, 15) is 13.2 Å². The second-order valence-electron chi connectivity index (χ2n) is 4.68. The van der Waals surface area contributed by atoms with E-state index in [-0.39, 0.29) is 21.4 Å². The first-order valence-electron chi connectivity index (χ1n) is 5.93. The molecule has 19 heavy (non-hydrogen) atoms. The Hall–Kier alpha value is -1.28. The zero-order chi connectivity index (χ0) is 14.2. The number of sulfone groups is 1. The summed E-state index contributed by atoms with van der Waals surface area (Å²) < 4.78 is 23.6. The fraction of sp³-hybridized carbons (Fsp3) is 0.545. The van der Waals surface area contributed by atoms with Gasteiger partial charge in [0.1, 0.15) is 14.8 Å². The Labute approximate surface area is 116 Å². The topological polar surface area (TPSA) is 101 Å². The Bertz CT molecular complexity index is 603. The molecule has 0 aromatic carbocycles. The maximum Gasteiger partial charge on any atom is 0.263 e. The molecule has 1 aromatic rings. The largest absolute Gasteiger partial charge is 0.396 e. The Morgan fingerprint density at radius 2 is 2.11 bits per heavy atom. The van der Waals surface area contributed by atoms with Gasteiger partial charge in [0.2, 0.25) is 0 Å². The van der Waals surface area contributed by atoms with Gasteiger partial charge in [-0.15, -0.1) is 11.3 Å². The van der Waals surface area contributed by atoms with Crippen LogP contribution in [0.15, 0.2) is 4.90 Å². The standard InChI is InChI=1S/C11H17N3O3S2/c1-13-10(15)8-7(12)9(19(2,16)17)11(18-8)14-5-6-3-4-6/h6,14H,3-5,12H2,1-2H3,(H,13,15). The predicted molar refractivity (Wildman–Crippen MR) is 76.4 cm³/mol. The van der Waals surface area contributed by atoms with Gasteiger partial charge in [-0.2, -0.15) is 0 Å². The Balaban J connectivity index is 2.41. The molecule has 8 heteroatoms. The van der Waals surface area contributed by atoms with Crippen molar-refractivity contribution >= 4 is 37.8 Å². The van der Waals surface area contributed by atoms with E-state index in [1.54, 1.807) is 0 Å². The molecule has 0 saturated heterocycles. The molecule has 4 N–H and O–H groups in total. The van der Waals surface area contributed by atoms with E-state index in [1.165, 1.54) is 7.05 Å². The number of amides is 1. The first kappa shape index (κ1) is 14.1. The van der Waals surface area contributed by atoms with Crippen LogP contribution in [0.3, 0.4) is 0 Å². The number of nitrogen functional groups attached to an aromatic ring is 1. The van der Waals surface area contributed by atoms with Crippen molar-refractivity contribution in [3.05, 3.63) is 4.88 Å². The highest BCUT2D eigenvalue weighted by Gasteiger charge is 2.28. The maximum absolute atomic E-state index is 11.8. The van der Waals surface area contributed by atoms with Gasteiger partial charge in [-0.3, -0.25) is 4.79 Å². The van der Waals surface area contributed by atoms with Crippen molar-refractivity contribution in [2.45, 2.75) is 17.7 Å². The van der Waals surface area contributed by atoms with Gasteiger partial charge >= 0.3 is 0 Å². The van der Waals surface area contributed by atoms with E-state index in [0.29, 0.717) is 10.9 Å². The van der Waals surface area contributed by atoms with Gasteiger partial charge in [-0.25, -0.2) is 8.42 Å². The molecule has 2 rings (SSSR count). The fourth-order valence-electron chi connectivity index (χ4n) is 1.75. The lowest BCUT2D eigenvalue weighted by Gasteiger charge is -2.05. The number of rotatable bonds is 5. The van der Waals surface area contributed by atoms with E-state index in [0.717, 1.165) is 37.0 Å². The lowest BCUT2D eigenvalue weighted by molar-refractivity contribution is 0.0968. The van der Waals surface area contributed by atoms with E-state index < -0.39 is 9.84 Å². The lowest BCUT2D eigenvalue weighted by Crippen LogP contribution is -2.18. The van der Waals surface area contributed by atoms with Crippen LogP contribution in [-0.4, -0.2) is 34.2 Å². The van der Waals surface area contributed by atoms with Crippen LogP contribution in [0.2, 0.25) is 0 Å². The smallest absolute Gasteiger partial charge is 0.263 e. The van der Waals surface area contributed by atoms with Crippen molar-refractivity contribution in [2.75, 3.05) is 30.9 Å². The molecular formula is C11H17N3O3S2. The van der Waals surface area contributed by atoms with Crippen LogP contribution in [0.4, 0.5) is 10.7 Å². The molecule has 1 amide bonds. The summed E-state index contributed by atoms with van der Waals surface area (Å²) in [5.41, 5.74) is 5.85. The van der Waals surface area contributed by atoms with Gasteiger partial charge in [0, 0.05) is 19.8 Å². The Kier molecular flexibility index (Phi) is 3.73. The van der Waals surface area contributed by atoms with Crippen molar-refractivity contribution in [1.82, 2.24) is 5.32 Å². The molecule has 1 aliphatic carbocycles. The van der Waals surface area contributed by atoms with Crippen molar-refractivity contribution in [1.29, 1.82) is 0 Å². The highest BCUT2D eigenvalue weighted by atomic mass is 32.2. The summed E-state index contributed by atoms with van der Waals surface area (Å²) in [6.45, 7) is 0.718. The molecule has 0 atom stereocenters. The summed E-state index contributed by atoms with van der Waals surface area (Å²) in [5, 5.41) is 6.02. The summed E-state index contributed by atoms with van der Waals surface area (Å²) in [7, 11) is -1.98. The first-order chi connectivity index (χ1) is 8.84. The molecule has 0 bridgehead atoms. The molecular weight excluding hydrogens is 286 g/mol. The quantitative estimate of drug-likeness (QED) is 0.750. The third kappa shape index (κ3) is 3.01. The van der Waals surface area contributed by atoms with Gasteiger partial charge in [0.25, 0.3) is 5.91 Å². The number of hydrogen-bond acceptors (Lipinski definition) is 6. The predicted octanol–water partition coefficient (Wildman–Crippen LogP) is 0.915. The minimum absolute atomic E-state index is 0.0325. The molecule has 0 radical (unpaired) electrons. The van der Waals surface area contributed by atoms with Gasteiger partial charge in [-0.1, -0.05) is 0 Å². The number of thiophene rings is 1. The summed E-state index contributed by atoms with van der Waals surface area (Å²) in [6, 6.07) is 0. The van der Waals surface area contributed by atoms with Crippen molar-refractivity contribution < 1.29 is 13.2 Å². The second-order valence-corrected chi connectivity index (χ2v) is 7.65. The van der Waals surface area contributed by atoms with E-state index >= 15 is 0 Å². The molecule has 0 aliphatic heterocycles. The van der Waals surface area contributed by atoms with Gasteiger partial charge < -0.3 is 16.4 Å². The molecule has 6 nitrogen and oxygen atoms in total. The molecule has 106 valence electrons. The van der Waals surface area contributed by atoms with Crippen LogP contribution in [-0.2, 0) is 9.84 Å². The summed E-state index contributed by atoms with van der Waals surface area (Å²) in [6.07, 6.45) is 3.41. The minimum Gasteiger partial charge on any atom is -0.396 e. The van der Waals surface area contributed by atoms with Crippen molar-refractivity contribution in [3.63, 3.8) is 0 Å². The first-order valence-corrected chi connectivity index (χ1v) is 8.63. The molecule has 0 spiro atoms. The second kappa shape index (κ2) is 5.01. The van der Waals surface area contributed by atoms with Crippen molar-refractivity contribution in [3.8, 4) is 0 Å². The summed E-state index contributed by atoms with van der Waals surface area (Å²) in [4.78, 5) is 11.9. The van der Waals surface area contributed by atoms with Gasteiger partial charge in [0.15, 0.2) is 9.84 Å². The number of hydrogen-bond donors (Lipinski definition) is 3. The zero-order valence-corrected chi connectivity index (χ0v) is 12.5. The average Bonchev–Trinajstić information content (AvgIpc) is 3.08. The third-order valence-electron chi connectivity index (χ3n) is 2.95. The summed E-state index contributed by atoms with van der Waals surface area (Å²) in [5.74, 6) is 0.228. The third-order valence-corrected chi connectivity index (χ3v) is 5.41. The van der Waals surface area contributed by atoms with Gasteiger partial charge in [0.05, 0.1) is 5.69 Å².